The van der Waals surface area contributed by atoms with E-state index in [1.54, 1.807) is 12.1 Å². The molecular weight excluding hydrogens is 305 g/mol. The molecule has 2 rings (SSSR count). The first kappa shape index (κ1) is 15.4. The van der Waals surface area contributed by atoms with Crippen LogP contribution >= 0.6 is 11.8 Å². The van der Waals surface area contributed by atoms with Crippen LogP contribution in [0.4, 0.5) is 13.2 Å². The average molecular weight is 316 g/mol. The number of rotatable bonds is 5. The summed E-state index contributed by atoms with van der Waals surface area (Å²) >= 11 is 0.992. The molecule has 0 aliphatic heterocycles. The van der Waals surface area contributed by atoms with Gasteiger partial charge in [-0.05, 0) is 12.1 Å². The molecule has 0 amide bonds. The molecule has 21 heavy (non-hydrogen) atoms. The van der Waals surface area contributed by atoms with Gasteiger partial charge in [-0.2, -0.15) is 13.2 Å². The van der Waals surface area contributed by atoms with Gasteiger partial charge in [0.1, 0.15) is 5.75 Å². The maximum absolute atomic E-state index is 12.5. The number of hydrogen-bond donors (Lipinski definition) is 1. The summed E-state index contributed by atoms with van der Waals surface area (Å²) < 4.78 is 42.9. The molecular formula is C13H11F3N2O2S. The maximum atomic E-state index is 12.5. The number of nitrogens with zero attached hydrogens (tertiary/aromatic N) is 1. The van der Waals surface area contributed by atoms with Crippen molar-refractivity contribution in [2.24, 2.45) is 0 Å². The van der Waals surface area contributed by atoms with Gasteiger partial charge in [-0.15, -0.1) is 0 Å². The van der Waals surface area contributed by atoms with E-state index in [2.05, 4.69) is 9.97 Å². The van der Waals surface area contributed by atoms with Crippen LogP contribution in [0, 0.1) is 0 Å². The first-order chi connectivity index (χ1) is 9.95. The highest BCUT2D eigenvalue weighted by molar-refractivity contribution is 7.99. The third kappa shape index (κ3) is 4.82. The smallest absolute Gasteiger partial charge is 0.433 e. The van der Waals surface area contributed by atoms with Gasteiger partial charge in [-0.25, -0.2) is 4.98 Å². The molecule has 0 radical (unpaired) electrons. The molecule has 112 valence electrons. The maximum Gasteiger partial charge on any atom is 0.433 e. The lowest BCUT2D eigenvalue weighted by Crippen LogP contribution is -2.17. The standard InChI is InChI=1S/C13H11F3N2O2S/c14-13(15,16)10-8-11(19)18-12(17-10)21-7-6-20-9-4-2-1-3-5-9/h1-5,8H,6-7H2,(H,17,18,19). The lowest BCUT2D eigenvalue weighted by atomic mass is 10.3. The highest BCUT2D eigenvalue weighted by atomic mass is 32.2. The molecule has 0 aliphatic carbocycles. The summed E-state index contributed by atoms with van der Waals surface area (Å²) in [5, 5.41) is -0.0773. The van der Waals surface area contributed by atoms with E-state index in [4.69, 9.17) is 4.74 Å². The minimum Gasteiger partial charge on any atom is -0.493 e. The van der Waals surface area contributed by atoms with E-state index >= 15 is 0 Å². The first-order valence-corrected chi connectivity index (χ1v) is 6.93. The van der Waals surface area contributed by atoms with Crippen LogP contribution in [0.5, 0.6) is 5.75 Å². The minimum absolute atomic E-state index is 0.0773. The fraction of sp³-hybridized carbons (Fsp3) is 0.231. The molecule has 1 heterocycles. The molecule has 0 unspecified atom stereocenters. The molecule has 0 saturated heterocycles. The van der Waals surface area contributed by atoms with E-state index < -0.39 is 17.4 Å². The van der Waals surface area contributed by atoms with Gasteiger partial charge in [0.15, 0.2) is 10.9 Å². The van der Waals surface area contributed by atoms with Crippen molar-refractivity contribution in [2.75, 3.05) is 12.4 Å². The number of aromatic nitrogens is 2. The van der Waals surface area contributed by atoms with Gasteiger partial charge in [-0.1, -0.05) is 30.0 Å². The average Bonchev–Trinajstić information content (AvgIpc) is 2.43. The van der Waals surface area contributed by atoms with Crippen molar-refractivity contribution >= 4 is 11.8 Å². The van der Waals surface area contributed by atoms with E-state index in [-0.39, 0.29) is 11.8 Å². The third-order valence-electron chi connectivity index (χ3n) is 2.34. The van der Waals surface area contributed by atoms with Gasteiger partial charge < -0.3 is 9.72 Å². The van der Waals surface area contributed by atoms with Crippen molar-refractivity contribution in [3.63, 3.8) is 0 Å². The Morgan fingerprint density at radius 2 is 1.95 bits per heavy atom. The lowest BCUT2D eigenvalue weighted by Gasteiger charge is -2.08. The Balaban J connectivity index is 1.91. The van der Waals surface area contributed by atoms with Gasteiger partial charge >= 0.3 is 6.18 Å². The number of benzene rings is 1. The molecule has 1 N–H and O–H groups in total. The Bertz CT molecular complexity index is 644. The zero-order valence-electron chi connectivity index (χ0n) is 10.7. The van der Waals surface area contributed by atoms with Crippen molar-refractivity contribution in [2.45, 2.75) is 11.3 Å². The SMILES string of the molecule is O=c1cc(C(F)(F)F)nc(SCCOc2ccccc2)[nH]1. The number of aromatic amines is 1. The van der Waals surface area contributed by atoms with Crippen molar-refractivity contribution in [3.8, 4) is 5.75 Å². The van der Waals surface area contributed by atoms with E-state index in [1.807, 2.05) is 18.2 Å². The van der Waals surface area contributed by atoms with E-state index in [0.29, 0.717) is 17.6 Å². The molecule has 0 bridgehead atoms. The van der Waals surface area contributed by atoms with Crippen molar-refractivity contribution in [1.29, 1.82) is 0 Å². The van der Waals surface area contributed by atoms with E-state index in [1.165, 1.54) is 0 Å². The number of H-pyrrole nitrogens is 1. The largest absolute Gasteiger partial charge is 0.493 e. The molecule has 0 atom stereocenters. The predicted molar refractivity (Wildman–Crippen MR) is 72.5 cm³/mol. The molecule has 2 aromatic rings. The van der Waals surface area contributed by atoms with Crippen molar-refractivity contribution in [3.05, 3.63) is 52.4 Å². The summed E-state index contributed by atoms with van der Waals surface area (Å²) in [6.45, 7) is 0.286. The predicted octanol–water partition coefficient (Wildman–Crippen LogP) is 2.96. The highest BCUT2D eigenvalue weighted by Gasteiger charge is 2.33. The van der Waals surface area contributed by atoms with E-state index in [9.17, 15) is 18.0 Å². The quantitative estimate of drug-likeness (QED) is 0.523. The second-order valence-electron chi connectivity index (χ2n) is 3.94. The monoisotopic (exact) mass is 316 g/mol. The Morgan fingerprint density at radius 3 is 2.62 bits per heavy atom. The molecule has 0 spiro atoms. The van der Waals surface area contributed by atoms with Crippen molar-refractivity contribution in [1.82, 2.24) is 9.97 Å². The highest BCUT2D eigenvalue weighted by Crippen LogP contribution is 2.27. The fourth-order valence-corrected chi connectivity index (χ4v) is 2.16. The molecule has 0 fully saturated rings. The van der Waals surface area contributed by atoms with Crippen LogP contribution in [0.3, 0.4) is 0 Å². The Kier molecular flexibility index (Phi) is 4.89. The topological polar surface area (TPSA) is 55.0 Å². The number of thioether (sulfide) groups is 1. The van der Waals surface area contributed by atoms with Crippen LogP contribution < -0.4 is 10.3 Å². The fourth-order valence-electron chi connectivity index (χ4n) is 1.46. The molecule has 1 aromatic carbocycles. The van der Waals surface area contributed by atoms with Gasteiger partial charge in [0.25, 0.3) is 5.56 Å². The summed E-state index contributed by atoms with van der Waals surface area (Å²) in [6.07, 6.45) is -4.63. The number of nitrogens with one attached hydrogen (secondary N) is 1. The van der Waals surface area contributed by atoms with E-state index in [0.717, 1.165) is 11.8 Å². The number of hydrogen-bond acceptors (Lipinski definition) is 4. The summed E-state index contributed by atoms with van der Waals surface area (Å²) in [4.78, 5) is 16.8. The van der Waals surface area contributed by atoms with Crippen LogP contribution in [0.25, 0.3) is 0 Å². The normalized spacial score (nSPS) is 11.4. The third-order valence-corrected chi connectivity index (χ3v) is 3.18. The molecule has 0 aliphatic rings. The van der Waals surface area contributed by atoms with Crippen molar-refractivity contribution < 1.29 is 17.9 Å². The summed E-state index contributed by atoms with van der Waals surface area (Å²) in [5.41, 5.74) is -2.03. The van der Waals surface area contributed by atoms with Crippen LogP contribution in [-0.2, 0) is 6.18 Å². The number of para-hydroxylation sites is 1. The molecule has 0 saturated carbocycles. The number of alkyl halides is 3. The Hall–Kier alpha value is -1.96. The minimum atomic E-state index is -4.63. The number of ether oxygens (including phenoxy) is 1. The van der Waals surface area contributed by atoms with Gasteiger partial charge in [-0.3, -0.25) is 4.79 Å². The zero-order chi connectivity index (χ0) is 15.3. The Morgan fingerprint density at radius 1 is 1.24 bits per heavy atom. The van der Waals surface area contributed by atoms with Crippen LogP contribution in [-0.4, -0.2) is 22.3 Å². The van der Waals surface area contributed by atoms with Gasteiger partial charge in [0.2, 0.25) is 0 Å². The van der Waals surface area contributed by atoms with Gasteiger partial charge in [0, 0.05) is 11.8 Å². The summed E-state index contributed by atoms with van der Waals surface area (Å²) in [6, 6.07) is 9.45. The van der Waals surface area contributed by atoms with Crippen LogP contribution in [0.2, 0.25) is 0 Å². The second-order valence-corrected chi connectivity index (χ2v) is 5.03. The van der Waals surface area contributed by atoms with Crippen LogP contribution in [0.15, 0.2) is 46.3 Å². The Labute approximate surface area is 122 Å². The van der Waals surface area contributed by atoms with Gasteiger partial charge in [0.05, 0.1) is 6.61 Å². The van der Waals surface area contributed by atoms with Crippen LogP contribution in [0.1, 0.15) is 5.69 Å². The first-order valence-electron chi connectivity index (χ1n) is 5.94. The zero-order valence-corrected chi connectivity index (χ0v) is 11.5. The molecule has 4 nitrogen and oxygen atoms in total. The summed E-state index contributed by atoms with van der Waals surface area (Å²) in [5.74, 6) is 1.03. The molecule has 8 heteroatoms. The number of halogens is 3. The second kappa shape index (κ2) is 6.66. The summed E-state index contributed by atoms with van der Waals surface area (Å²) in [7, 11) is 0. The molecule has 1 aromatic heterocycles. The lowest BCUT2D eigenvalue weighted by molar-refractivity contribution is -0.141.